The van der Waals surface area contributed by atoms with Gasteiger partial charge in [-0.15, -0.1) is 0 Å². The summed E-state index contributed by atoms with van der Waals surface area (Å²) in [5.41, 5.74) is 3.78. The summed E-state index contributed by atoms with van der Waals surface area (Å²) < 4.78 is 5.16. The summed E-state index contributed by atoms with van der Waals surface area (Å²) in [6.45, 7) is 7.16. The van der Waals surface area contributed by atoms with E-state index < -0.39 is 6.04 Å². The van der Waals surface area contributed by atoms with Gasteiger partial charge >= 0.3 is 0 Å². The van der Waals surface area contributed by atoms with E-state index in [1.165, 1.54) is 18.4 Å². The van der Waals surface area contributed by atoms with Gasteiger partial charge in [0.15, 0.2) is 0 Å². The molecule has 0 aliphatic heterocycles. The molecule has 1 aliphatic carbocycles. The Labute approximate surface area is 222 Å². The zero-order valence-corrected chi connectivity index (χ0v) is 23.1. The zero-order valence-electron chi connectivity index (χ0n) is 23.1. The predicted molar refractivity (Wildman–Crippen MR) is 153 cm³/mol. The molecule has 2 aromatic carbocycles. The molecule has 0 saturated heterocycles. The summed E-state index contributed by atoms with van der Waals surface area (Å²) in [4.78, 5) is 24.2. The van der Waals surface area contributed by atoms with Gasteiger partial charge in [0.25, 0.3) is 0 Å². The van der Waals surface area contributed by atoms with E-state index in [2.05, 4.69) is 59.4 Å². The molecule has 7 heteroatoms. The maximum atomic E-state index is 11.6. The molecule has 200 valence electrons. The van der Waals surface area contributed by atoms with Gasteiger partial charge in [-0.1, -0.05) is 42.7 Å². The maximum Gasteiger partial charge on any atom is 0.249 e. The van der Waals surface area contributed by atoms with Gasteiger partial charge in [-0.2, -0.15) is 0 Å². The summed E-state index contributed by atoms with van der Waals surface area (Å²) in [6.07, 6.45) is 5.44. The van der Waals surface area contributed by atoms with E-state index in [0.717, 1.165) is 35.7 Å². The van der Waals surface area contributed by atoms with E-state index in [-0.39, 0.29) is 5.91 Å². The first kappa shape index (κ1) is 31.6. The van der Waals surface area contributed by atoms with Crippen LogP contribution >= 0.6 is 0 Å². The molecule has 0 bridgehead atoms. The van der Waals surface area contributed by atoms with E-state index >= 15 is 0 Å². The molecule has 1 saturated carbocycles. The van der Waals surface area contributed by atoms with E-state index in [9.17, 15) is 9.59 Å². The average molecular weight is 507 g/mol. The minimum absolute atomic E-state index is 0.142. The van der Waals surface area contributed by atoms with Crippen LogP contribution in [0.4, 0.5) is 0 Å². The number of rotatable bonds is 9. The van der Waals surface area contributed by atoms with Crippen LogP contribution in [0.5, 0.6) is 5.75 Å². The number of aldehydes is 1. The lowest BCUT2D eigenvalue weighted by Crippen LogP contribution is -2.41. The van der Waals surface area contributed by atoms with E-state index in [0.29, 0.717) is 12.1 Å². The second-order valence-corrected chi connectivity index (χ2v) is 8.70. The average Bonchev–Trinajstić information content (AvgIpc) is 3.75. The lowest BCUT2D eigenvalue weighted by molar-refractivity contribution is -0.121. The Morgan fingerprint density at radius 2 is 1.86 bits per heavy atom. The molecular weight excluding hydrogens is 464 g/mol. The quantitative estimate of drug-likeness (QED) is 0.358. The zero-order chi connectivity index (χ0) is 27.6. The van der Waals surface area contributed by atoms with Gasteiger partial charge < -0.3 is 20.3 Å². The Morgan fingerprint density at radius 1 is 1.19 bits per heavy atom. The number of benzene rings is 2. The van der Waals surface area contributed by atoms with Crippen LogP contribution in [0.3, 0.4) is 0 Å². The van der Waals surface area contributed by atoms with Crippen LogP contribution in [-0.2, 0) is 11.3 Å². The van der Waals surface area contributed by atoms with Crippen LogP contribution in [0.2, 0.25) is 0 Å². The number of ether oxygens (including phenoxy) is 1. The summed E-state index contributed by atoms with van der Waals surface area (Å²) in [6, 6.07) is 13.3. The van der Waals surface area contributed by atoms with Crippen molar-refractivity contribution in [2.75, 3.05) is 41.8 Å². The highest BCUT2D eigenvalue weighted by Gasteiger charge is 2.17. The molecule has 2 aromatic rings. The molecule has 1 aliphatic rings. The molecule has 7 nitrogen and oxygen atoms in total. The highest BCUT2D eigenvalue weighted by Crippen LogP contribution is 2.19. The lowest BCUT2D eigenvalue weighted by Gasteiger charge is -2.13. The fourth-order valence-corrected chi connectivity index (χ4v) is 3.09. The van der Waals surface area contributed by atoms with Crippen molar-refractivity contribution >= 4 is 18.3 Å². The van der Waals surface area contributed by atoms with Crippen LogP contribution in [0.25, 0.3) is 6.08 Å². The van der Waals surface area contributed by atoms with Crippen LogP contribution in [0, 0.1) is 11.8 Å². The first-order chi connectivity index (χ1) is 17.8. The van der Waals surface area contributed by atoms with Crippen molar-refractivity contribution in [3.05, 3.63) is 71.3 Å². The van der Waals surface area contributed by atoms with Gasteiger partial charge in [0, 0.05) is 30.3 Å². The van der Waals surface area contributed by atoms with Crippen molar-refractivity contribution in [3.63, 3.8) is 0 Å². The Kier molecular flexibility index (Phi) is 15.3. The van der Waals surface area contributed by atoms with Gasteiger partial charge in [-0.3, -0.25) is 14.9 Å². The number of nitrogens with one attached hydrogen (secondary N) is 3. The van der Waals surface area contributed by atoms with Crippen molar-refractivity contribution in [2.45, 2.75) is 38.4 Å². The Morgan fingerprint density at radius 3 is 2.30 bits per heavy atom. The van der Waals surface area contributed by atoms with E-state index in [1.807, 2.05) is 32.2 Å². The standard InChI is InChI=1S/C14H16N2O2.C12H17NO.C4H9N/c1-3-16-14(18)13(15-2)9-8-11-4-6-12(10-17)7-5-11;1-5-10-8-12(14-4)7-6-11(10)9-13(2)3;1-5-4-2-3-4/h4-7,10,13,15H,3H2,1-2H3,(H,16,18);5-8H,1,9H2,2-4H3;4-5H,2-3H2,1H3. The number of likely N-dealkylation sites (N-methyl/N-ethyl adjacent to an activating group) is 2. The Hall–Kier alpha value is -3.44. The van der Waals surface area contributed by atoms with Crippen LogP contribution in [0.1, 0.15) is 46.8 Å². The topological polar surface area (TPSA) is 82.7 Å². The molecule has 37 heavy (non-hydrogen) atoms. The molecule has 3 N–H and O–H groups in total. The molecule has 3 rings (SSSR count). The molecular formula is C30H42N4O3. The second-order valence-electron chi connectivity index (χ2n) is 8.70. The number of carbonyl (C=O) groups is 2. The minimum atomic E-state index is -0.532. The third-order valence-electron chi connectivity index (χ3n) is 5.35. The lowest BCUT2D eigenvalue weighted by atomic mass is 10.1. The fraction of sp³-hybridized carbons (Fsp3) is 0.400. The van der Waals surface area contributed by atoms with Crippen molar-refractivity contribution in [1.82, 2.24) is 20.9 Å². The molecule has 1 atom stereocenters. The first-order valence-electron chi connectivity index (χ1n) is 12.4. The number of methoxy groups -OCH3 is 1. The van der Waals surface area contributed by atoms with Crippen molar-refractivity contribution in [3.8, 4) is 17.6 Å². The van der Waals surface area contributed by atoms with E-state index in [1.54, 1.807) is 38.4 Å². The van der Waals surface area contributed by atoms with Crippen LogP contribution in [-0.4, -0.2) is 71.0 Å². The summed E-state index contributed by atoms with van der Waals surface area (Å²) in [5.74, 6) is 6.48. The minimum Gasteiger partial charge on any atom is -0.497 e. The largest absolute Gasteiger partial charge is 0.497 e. The molecule has 0 aromatic heterocycles. The number of hydrogen-bond acceptors (Lipinski definition) is 6. The number of amides is 1. The van der Waals surface area contributed by atoms with Crippen molar-refractivity contribution < 1.29 is 14.3 Å². The third-order valence-corrected chi connectivity index (χ3v) is 5.35. The van der Waals surface area contributed by atoms with Gasteiger partial charge in [0.2, 0.25) is 5.91 Å². The first-order valence-corrected chi connectivity index (χ1v) is 12.4. The molecule has 1 fully saturated rings. The predicted octanol–water partition coefficient (Wildman–Crippen LogP) is 3.34. The Bertz CT molecular complexity index is 1040. The highest BCUT2D eigenvalue weighted by atomic mass is 16.5. The molecule has 0 heterocycles. The van der Waals surface area contributed by atoms with Gasteiger partial charge in [0.1, 0.15) is 18.1 Å². The molecule has 0 spiro atoms. The smallest absolute Gasteiger partial charge is 0.249 e. The number of nitrogens with zero attached hydrogens (tertiary/aromatic N) is 1. The third kappa shape index (κ3) is 12.9. The van der Waals surface area contributed by atoms with Crippen LogP contribution in [0.15, 0.2) is 49.0 Å². The second kappa shape index (κ2) is 17.9. The van der Waals surface area contributed by atoms with Crippen molar-refractivity contribution in [2.24, 2.45) is 0 Å². The number of hydrogen-bond donors (Lipinski definition) is 3. The summed E-state index contributed by atoms with van der Waals surface area (Å²) in [5, 5.41) is 8.68. The number of carbonyl (C=O) groups excluding carboxylic acids is 2. The SMILES string of the molecule is C=Cc1cc(OC)ccc1CN(C)C.CCNC(=O)C(C#Cc1ccc(C=O)cc1)NC.CNC1CC1. The van der Waals surface area contributed by atoms with Crippen molar-refractivity contribution in [1.29, 1.82) is 0 Å². The fourth-order valence-electron chi connectivity index (χ4n) is 3.09. The summed E-state index contributed by atoms with van der Waals surface area (Å²) in [7, 11) is 9.48. The molecule has 1 unspecified atom stereocenters. The van der Waals surface area contributed by atoms with Crippen LogP contribution < -0.4 is 20.7 Å². The highest BCUT2D eigenvalue weighted by molar-refractivity contribution is 5.85. The Balaban J connectivity index is 0.000000317. The summed E-state index contributed by atoms with van der Waals surface area (Å²) >= 11 is 0. The maximum absolute atomic E-state index is 11.6. The van der Waals surface area contributed by atoms with Gasteiger partial charge in [-0.05, 0) is 83.3 Å². The van der Waals surface area contributed by atoms with Gasteiger partial charge in [-0.25, -0.2) is 0 Å². The monoisotopic (exact) mass is 506 g/mol. The molecule has 0 radical (unpaired) electrons. The normalized spacial score (nSPS) is 12.4. The van der Waals surface area contributed by atoms with E-state index in [4.69, 9.17) is 4.74 Å². The van der Waals surface area contributed by atoms with Gasteiger partial charge in [0.05, 0.1) is 7.11 Å². The molecule has 1 amide bonds.